The maximum absolute atomic E-state index is 10.7. The lowest BCUT2D eigenvalue weighted by atomic mass is 9.98. The molecule has 1 N–H and O–H groups in total. The van der Waals surface area contributed by atoms with Gasteiger partial charge in [0.05, 0.1) is 12.0 Å². The highest BCUT2D eigenvalue weighted by atomic mass is 16.4. The van der Waals surface area contributed by atoms with Gasteiger partial charge in [-0.15, -0.1) is 0 Å². The Kier molecular flexibility index (Phi) is 3.28. The third-order valence-electron chi connectivity index (χ3n) is 2.48. The minimum Gasteiger partial charge on any atom is -0.548 e. The predicted molar refractivity (Wildman–Crippen MR) is 44.6 cm³/mol. The second-order valence-electron chi connectivity index (χ2n) is 3.54. The van der Waals surface area contributed by atoms with Gasteiger partial charge in [0, 0.05) is 6.92 Å². The zero-order chi connectivity index (χ0) is 9.84. The summed E-state index contributed by atoms with van der Waals surface area (Å²) in [5, 5.41) is 13.1. The molecule has 1 amide bonds. The van der Waals surface area contributed by atoms with Gasteiger partial charge >= 0.3 is 0 Å². The predicted octanol–water partition coefficient (Wildman–Crippen LogP) is -0.569. The summed E-state index contributed by atoms with van der Waals surface area (Å²) in [4.78, 5) is 21.4. The van der Waals surface area contributed by atoms with E-state index in [4.69, 9.17) is 0 Å². The number of nitrogens with one attached hydrogen (secondary N) is 1. The van der Waals surface area contributed by atoms with E-state index in [1.54, 1.807) is 0 Å². The number of aliphatic carboxylic acids is 1. The first-order chi connectivity index (χ1) is 6.11. The number of carboxylic acid groups (broad SMARTS) is 1. The summed E-state index contributed by atoms with van der Waals surface area (Å²) >= 11 is 0. The van der Waals surface area contributed by atoms with E-state index in [0.717, 1.165) is 25.7 Å². The quantitative estimate of drug-likeness (QED) is 0.638. The Balaban J connectivity index is 2.55. The van der Waals surface area contributed by atoms with Crippen LogP contribution in [0.15, 0.2) is 0 Å². The first-order valence-electron chi connectivity index (χ1n) is 4.59. The van der Waals surface area contributed by atoms with Crippen molar-refractivity contribution < 1.29 is 14.7 Å². The SMILES string of the molecule is CC(=O)N[C@H](C(=O)[O-])C1CCCC1. The van der Waals surface area contributed by atoms with Crippen molar-refractivity contribution in [3.05, 3.63) is 0 Å². The monoisotopic (exact) mass is 184 g/mol. The fraction of sp³-hybridized carbons (Fsp3) is 0.778. The highest BCUT2D eigenvalue weighted by Gasteiger charge is 2.26. The molecule has 74 valence electrons. The molecular formula is C9H14NO3-. The molecule has 0 aromatic heterocycles. The molecule has 0 heterocycles. The molecule has 1 fully saturated rings. The van der Waals surface area contributed by atoms with Crippen LogP contribution in [0.2, 0.25) is 0 Å². The molecule has 13 heavy (non-hydrogen) atoms. The molecule has 0 spiro atoms. The molecular weight excluding hydrogens is 170 g/mol. The molecule has 1 atom stereocenters. The van der Waals surface area contributed by atoms with Crippen LogP contribution in [0.1, 0.15) is 32.6 Å². The first-order valence-corrected chi connectivity index (χ1v) is 4.59. The number of hydrogen-bond acceptors (Lipinski definition) is 3. The van der Waals surface area contributed by atoms with Crippen molar-refractivity contribution >= 4 is 11.9 Å². The van der Waals surface area contributed by atoms with Crippen LogP contribution in [0.5, 0.6) is 0 Å². The summed E-state index contributed by atoms with van der Waals surface area (Å²) in [5.74, 6) is -1.41. The van der Waals surface area contributed by atoms with Crippen molar-refractivity contribution in [2.24, 2.45) is 5.92 Å². The lowest BCUT2D eigenvalue weighted by Crippen LogP contribution is -2.50. The molecule has 0 saturated heterocycles. The van der Waals surface area contributed by atoms with E-state index in [1.807, 2.05) is 0 Å². The fourth-order valence-electron chi connectivity index (χ4n) is 1.88. The summed E-state index contributed by atoms with van der Waals surface area (Å²) in [6, 6.07) is -0.792. The number of amides is 1. The fourth-order valence-corrected chi connectivity index (χ4v) is 1.88. The molecule has 4 heteroatoms. The molecule has 0 bridgehead atoms. The van der Waals surface area contributed by atoms with Gasteiger partial charge < -0.3 is 15.2 Å². The van der Waals surface area contributed by atoms with Crippen molar-refractivity contribution in [2.75, 3.05) is 0 Å². The van der Waals surface area contributed by atoms with E-state index in [-0.39, 0.29) is 11.8 Å². The third kappa shape index (κ3) is 2.72. The minimum atomic E-state index is -1.16. The van der Waals surface area contributed by atoms with Gasteiger partial charge in [-0.3, -0.25) is 4.79 Å². The third-order valence-corrected chi connectivity index (χ3v) is 2.48. The van der Waals surface area contributed by atoms with Crippen molar-refractivity contribution in [3.8, 4) is 0 Å². The standard InChI is InChI=1S/C9H15NO3/c1-6(11)10-8(9(12)13)7-4-2-3-5-7/h7-8H,2-5H2,1H3,(H,10,11)(H,12,13)/p-1/t8-/m0/s1. The second kappa shape index (κ2) is 4.25. The molecule has 0 aromatic rings. The smallest absolute Gasteiger partial charge is 0.217 e. The average molecular weight is 184 g/mol. The van der Waals surface area contributed by atoms with E-state index in [2.05, 4.69) is 5.32 Å². The molecule has 1 aliphatic carbocycles. The largest absolute Gasteiger partial charge is 0.548 e. The number of carbonyl (C=O) groups excluding carboxylic acids is 2. The van der Waals surface area contributed by atoms with Crippen LogP contribution in [-0.4, -0.2) is 17.9 Å². The molecule has 4 nitrogen and oxygen atoms in total. The van der Waals surface area contributed by atoms with Gasteiger partial charge in [0.15, 0.2) is 0 Å². The van der Waals surface area contributed by atoms with Gasteiger partial charge in [0.25, 0.3) is 0 Å². The van der Waals surface area contributed by atoms with E-state index in [1.165, 1.54) is 6.92 Å². The Morgan fingerprint density at radius 3 is 2.31 bits per heavy atom. The Morgan fingerprint density at radius 1 is 1.38 bits per heavy atom. The molecule has 0 radical (unpaired) electrons. The van der Waals surface area contributed by atoms with Gasteiger partial charge in [-0.05, 0) is 18.8 Å². The first kappa shape index (κ1) is 10.0. The molecule has 1 rings (SSSR count). The van der Waals surface area contributed by atoms with E-state index < -0.39 is 12.0 Å². The van der Waals surface area contributed by atoms with E-state index in [0.29, 0.717) is 0 Å². The van der Waals surface area contributed by atoms with Gasteiger partial charge in [0.2, 0.25) is 5.91 Å². The Labute approximate surface area is 77.3 Å². The van der Waals surface area contributed by atoms with Crippen molar-refractivity contribution in [1.82, 2.24) is 5.32 Å². The summed E-state index contributed by atoms with van der Waals surface area (Å²) in [5.41, 5.74) is 0. The average Bonchev–Trinajstić information content (AvgIpc) is 2.50. The maximum atomic E-state index is 10.7. The van der Waals surface area contributed by atoms with E-state index in [9.17, 15) is 14.7 Å². The normalized spacial score (nSPS) is 19.8. The summed E-state index contributed by atoms with van der Waals surface area (Å²) in [7, 11) is 0. The Bertz CT molecular complexity index is 209. The van der Waals surface area contributed by atoms with Crippen LogP contribution in [0.25, 0.3) is 0 Å². The zero-order valence-electron chi connectivity index (χ0n) is 7.71. The lowest BCUT2D eigenvalue weighted by Gasteiger charge is -2.24. The van der Waals surface area contributed by atoms with Crippen molar-refractivity contribution in [3.63, 3.8) is 0 Å². The van der Waals surface area contributed by atoms with Gasteiger partial charge in [-0.25, -0.2) is 0 Å². The Hall–Kier alpha value is -1.06. The highest BCUT2D eigenvalue weighted by Crippen LogP contribution is 2.27. The molecule has 0 aliphatic heterocycles. The number of carbonyl (C=O) groups is 2. The van der Waals surface area contributed by atoms with Crippen LogP contribution < -0.4 is 10.4 Å². The van der Waals surface area contributed by atoms with Crippen LogP contribution in [0.3, 0.4) is 0 Å². The molecule has 1 aliphatic rings. The summed E-state index contributed by atoms with van der Waals surface area (Å²) in [6.45, 7) is 1.32. The summed E-state index contributed by atoms with van der Waals surface area (Å²) in [6.07, 6.45) is 3.85. The van der Waals surface area contributed by atoms with Crippen LogP contribution in [0.4, 0.5) is 0 Å². The van der Waals surface area contributed by atoms with Crippen LogP contribution in [-0.2, 0) is 9.59 Å². The van der Waals surface area contributed by atoms with Crippen LogP contribution in [0, 0.1) is 5.92 Å². The molecule has 1 saturated carbocycles. The zero-order valence-corrected chi connectivity index (χ0v) is 7.71. The lowest BCUT2D eigenvalue weighted by molar-refractivity contribution is -0.309. The van der Waals surface area contributed by atoms with Crippen LogP contribution >= 0.6 is 0 Å². The number of carboxylic acids is 1. The van der Waals surface area contributed by atoms with Gasteiger partial charge in [-0.2, -0.15) is 0 Å². The molecule has 0 unspecified atom stereocenters. The highest BCUT2D eigenvalue weighted by molar-refractivity contribution is 5.81. The maximum Gasteiger partial charge on any atom is 0.217 e. The Morgan fingerprint density at radius 2 is 1.92 bits per heavy atom. The number of rotatable bonds is 3. The van der Waals surface area contributed by atoms with E-state index >= 15 is 0 Å². The molecule has 0 aromatic carbocycles. The second-order valence-corrected chi connectivity index (χ2v) is 3.54. The van der Waals surface area contributed by atoms with Gasteiger partial charge in [-0.1, -0.05) is 12.8 Å². The topological polar surface area (TPSA) is 69.2 Å². The van der Waals surface area contributed by atoms with Gasteiger partial charge in [0.1, 0.15) is 0 Å². The van der Waals surface area contributed by atoms with Crippen molar-refractivity contribution in [2.45, 2.75) is 38.6 Å². The number of hydrogen-bond donors (Lipinski definition) is 1. The van der Waals surface area contributed by atoms with Crippen molar-refractivity contribution in [1.29, 1.82) is 0 Å². The summed E-state index contributed by atoms with van der Waals surface area (Å²) < 4.78 is 0. The minimum absolute atomic E-state index is 0.0638.